The van der Waals surface area contributed by atoms with Gasteiger partial charge in [0.25, 0.3) is 0 Å². The molecule has 3 N–H and O–H groups in total. The highest BCUT2D eigenvalue weighted by atomic mass is 32.2. The zero-order chi connectivity index (χ0) is 17.9. The van der Waals surface area contributed by atoms with Gasteiger partial charge < -0.3 is 10.1 Å². The van der Waals surface area contributed by atoms with E-state index in [-0.39, 0.29) is 10.8 Å². The molecule has 0 bridgehead atoms. The Morgan fingerprint density at radius 3 is 2.64 bits per heavy atom. The number of sulfonamides is 1. The molecule has 2 aromatic carbocycles. The van der Waals surface area contributed by atoms with Crippen LogP contribution in [0.25, 0.3) is 11.4 Å². The van der Waals surface area contributed by atoms with Crippen LogP contribution in [0.4, 0.5) is 11.6 Å². The maximum absolute atomic E-state index is 11.4. The van der Waals surface area contributed by atoms with Crippen LogP contribution in [0.5, 0.6) is 5.75 Å². The smallest absolute Gasteiger partial charge is 0.238 e. The van der Waals surface area contributed by atoms with Crippen LogP contribution in [-0.2, 0) is 10.0 Å². The summed E-state index contributed by atoms with van der Waals surface area (Å²) in [7, 11) is -2.20. The van der Waals surface area contributed by atoms with Crippen molar-refractivity contribution in [1.29, 1.82) is 0 Å². The quantitative estimate of drug-likeness (QED) is 0.716. The van der Waals surface area contributed by atoms with Crippen molar-refractivity contribution >= 4 is 21.7 Å². The van der Waals surface area contributed by atoms with Crippen LogP contribution in [0.15, 0.2) is 59.8 Å². The normalized spacial score (nSPS) is 11.1. The molecule has 0 aliphatic heterocycles. The molecule has 128 valence electrons. The molecule has 0 radical (unpaired) electrons. The summed E-state index contributed by atoms with van der Waals surface area (Å²) in [5.41, 5.74) is 1.26. The van der Waals surface area contributed by atoms with Crippen molar-refractivity contribution in [2.24, 2.45) is 5.14 Å². The van der Waals surface area contributed by atoms with Crippen LogP contribution in [0, 0.1) is 0 Å². The first-order chi connectivity index (χ1) is 12.0. The zero-order valence-corrected chi connectivity index (χ0v) is 14.1. The van der Waals surface area contributed by atoms with E-state index in [1.807, 2.05) is 18.2 Å². The van der Waals surface area contributed by atoms with Gasteiger partial charge in [-0.2, -0.15) is 4.98 Å². The van der Waals surface area contributed by atoms with Gasteiger partial charge in [-0.15, -0.1) is 0 Å². The van der Waals surface area contributed by atoms with Gasteiger partial charge in [0.1, 0.15) is 12.1 Å². The molecule has 9 heteroatoms. The molecule has 3 rings (SSSR count). The maximum atomic E-state index is 11.4. The predicted octanol–water partition coefficient (Wildman–Crippen LogP) is 1.94. The number of anilines is 2. The molecule has 1 aromatic heterocycles. The van der Waals surface area contributed by atoms with Gasteiger partial charge in [0, 0.05) is 11.3 Å². The minimum atomic E-state index is -3.78. The molecular formula is C16H15N5O3S. The number of ether oxygens (including phenoxy) is 1. The average Bonchev–Trinajstić information content (AvgIpc) is 2.61. The maximum Gasteiger partial charge on any atom is 0.238 e. The third-order valence-corrected chi connectivity index (χ3v) is 4.23. The Balaban J connectivity index is 1.90. The second kappa shape index (κ2) is 6.83. The van der Waals surface area contributed by atoms with E-state index >= 15 is 0 Å². The molecule has 0 saturated carbocycles. The number of hydrogen-bond donors (Lipinski definition) is 2. The minimum Gasteiger partial charge on any atom is -0.497 e. The van der Waals surface area contributed by atoms with Gasteiger partial charge in [0.15, 0.2) is 5.82 Å². The van der Waals surface area contributed by atoms with E-state index in [1.165, 1.54) is 18.5 Å². The average molecular weight is 357 g/mol. The standard InChI is InChI=1S/C16H15N5O3S/c1-24-13-6-2-4-11(8-13)15-18-10-19-16(21-15)20-12-5-3-7-14(9-12)25(17,22)23/h2-10H,1H3,(H2,17,22,23)(H,18,19,20,21). The third kappa shape index (κ3) is 4.08. The molecular weight excluding hydrogens is 342 g/mol. The number of primary sulfonamides is 1. The van der Waals surface area contributed by atoms with Gasteiger partial charge >= 0.3 is 0 Å². The van der Waals surface area contributed by atoms with Crippen molar-refractivity contribution in [2.45, 2.75) is 4.90 Å². The van der Waals surface area contributed by atoms with Crippen LogP contribution in [0.2, 0.25) is 0 Å². The Hall–Kier alpha value is -3.04. The minimum absolute atomic E-state index is 0.000393. The lowest BCUT2D eigenvalue weighted by atomic mass is 10.2. The lowest BCUT2D eigenvalue weighted by Gasteiger charge is -2.08. The van der Waals surface area contributed by atoms with Crippen LogP contribution >= 0.6 is 0 Å². The molecule has 25 heavy (non-hydrogen) atoms. The fourth-order valence-electron chi connectivity index (χ4n) is 2.14. The number of nitrogens with zero attached hydrogens (tertiary/aromatic N) is 3. The number of benzene rings is 2. The van der Waals surface area contributed by atoms with Crippen molar-refractivity contribution in [1.82, 2.24) is 15.0 Å². The summed E-state index contributed by atoms with van der Waals surface area (Å²) in [5.74, 6) is 1.42. The lowest BCUT2D eigenvalue weighted by Crippen LogP contribution is -2.12. The van der Waals surface area contributed by atoms with E-state index in [0.717, 1.165) is 5.56 Å². The van der Waals surface area contributed by atoms with Crippen molar-refractivity contribution in [3.05, 3.63) is 54.9 Å². The fourth-order valence-corrected chi connectivity index (χ4v) is 2.70. The molecule has 8 nitrogen and oxygen atoms in total. The van der Waals surface area contributed by atoms with Crippen LogP contribution < -0.4 is 15.2 Å². The Kier molecular flexibility index (Phi) is 4.59. The van der Waals surface area contributed by atoms with Gasteiger partial charge in [-0.25, -0.2) is 23.5 Å². The lowest BCUT2D eigenvalue weighted by molar-refractivity contribution is 0.415. The highest BCUT2D eigenvalue weighted by Crippen LogP contribution is 2.22. The molecule has 0 unspecified atom stereocenters. The number of nitrogens with one attached hydrogen (secondary N) is 1. The number of aromatic nitrogens is 3. The van der Waals surface area contributed by atoms with E-state index in [1.54, 1.807) is 25.3 Å². The monoisotopic (exact) mass is 357 g/mol. The van der Waals surface area contributed by atoms with E-state index in [2.05, 4.69) is 20.3 Å². The molecule has 0 aliphatic carbocycles. The molecule has 1 heterocycles. The van der Waals surface area contributed by atoms with Gasteiger partial charge in [-0.1, -0.05) is 18.2 Å². The first kappa shape index (κ1) is 16.8. The zero-order valence-electron chi connectivity index (χ0n) is 13.2. The highest BCUT2D eigenvalue weighted by Gasteiger charge is 2.09. The first-order valence-electron chi connectivity index (χ1n) is 7.19. The number of hydrogen-bond acceptors (Lipinski definition) is 7. The number of rotatable bonds is 5. The van der Waals surface area contributed by atoms with Gasteiger partial charge in [0.2, 0.25) is 16.0 Å². The third-order valence-electron chi connectivity index (χ3n) is 3.32. The largest absolute Gasteiger partial charge is 0.497 e. The van der Waals surface area contributed by atoms with Crippen LogP contribution in [-0.4, -0.2) is 30.5 Å². The Morgan fingerprint density at radius 1 is 1.08 bits per heavy atom. The van der Waals surface area contributed by atoms with Crippen LogP contribution in [0.3, 0.4) is 0 Å². The summed E-state index contributed by atoms with van der Waals surface area (Å²) in [5, 5.41) is 8.08. The predicted molar refractivity (Wildman–Crippen MR) is 92.9 cm³/mol. The highest BCUT2D eigenvalue weighted by molar-refractivity contribution is 7.89. The summed E-state index contributed by atoms with van der Waals surface area (Å²) in [4.78, 5) is 12.5. The number of nitrogens with two attached hydrogens (primary N) is 1. The topological polar surface area (TPSA) is 120 Å². The van der Waals surface area contributed by atoms with Crippen molar-refractivity contribution in [2.75, 3.05) is 12.4 Å². The van der Waals surface area contributed by atoms with E-state index in [0.29, 0.717) is 17.3 Å². The molecule has 3 aromatic rings. The molecule has 0 spiro atoms. The fraction of sp³-hybridized carbons (Fsp3) is 0.0625. The summed E-state index contributed by atoms with van der Waals surface area (Å²) < 4.78 is 28.1. The first-order valence-corrected chi connectivity index (χ1v) is 8.74. The molecule has 0 saturated heterocycles. The van der Waals surface area contributed by atoms with Gasteiger partial charge in [-0.05, 0) is 30.3 Å². The number of methoxy groups -OCH3 is 1. The summed E-state index contributed by atoms with van der Waals surface area (Å²) in [6, 6.07) is 13.4. The van der Waals surface area contributed by atoms with Crippen molar-refractivity contribution in [3.63, 3.8) is 0 Å². The van der Waals surface area contributed by atoms with Crippen LogP contribution in [0.1, 0.15) is 0 Å². The van der Waals surface area contributed by atoms with Crippen molar-refractivity contribution < 1.29 is 13.2 Å². The molecule has 0 fully saturated rings. The Morgan fingerprint density at radius 2 is 1.88 bits per heavy atom. The van der Waals surface area contributed by atoms with E-state index < -0.39 is 10.0 Å². The summed E-state index contributed by atoms with van der Waals surface area (Å²) in [6.45, 7) is 0. The van der Waals surface area contributed by atoms with Crippen molar-refractivity contribution in [3.8, 4) is 17.1 Å². The van der Waals surface area contributed by atoms with Gasteiger partial charge in [0.05, 0.1) is 12.0 Å². The summed E-state index contributed by atoms with van der Waals surface area (Å²) >= 11 is 0. The molecule has 0 aliphatic rings. The van der Waals surface area contributed by atoms with E-state index in [9.17, 15) is 8.42 Å². The second-order valence-corrected chi connectivity index (χ2v) is 6.62. The summed E-state index contributed by atoms with van der Waals surface area (Å²) in [6.07, 6.45) is 1.37. The molecule has 0 amide bonds. The van der Waals surface area contributed by atoms with Gasteiger partial charge in [-0.3, -0.25) is 0 Å². The second-order valence-electron chi connectivity index (χ2n) is 5.06. The Labute approximate surface area is 144 Å². The van der Waals surface area contributed by atoms with E-state index in [4.69, 9.17) is 9.88 Å². The SMILES string of the molecule is COc1cccc(-c2ncnc(Nc3cccc(S(N)(=O)=O)c3)n2)c1. The molecule has 0 atom stereocenters. The Bertz CT molecular complexity index is 1010.